The van der Waals surface area contributed by atoms with Crippen LogP contribution >= 0.6 is 24.0 Å². The summed E-state index contributed by atoms with van der Waals surface area (Å²) in [5.74, 6) is 4.36. The van der Waals surface area contributed by atoms with Crippen molar-refractivity contribution >= 4 is 35.8 Å². The molecule has 8 heteroatoms. The van der Waals surface area contributed by atoms with E-state index >= 15 is 0 Å². The fourth-order valence-corrected chi connectivity index (χ4v) is 2.77. The van der Waals surface area contributed by atoms with Crippen LogP contribution in [0.5, 0.6) is 11.5 Å². The van der Waals surface area contributed by atoms with Gasteiger partial charge in [-0.05, 0) is 42.3 Å². The number of benzene rings is 2. The number of aliphatic imine (C=N–C) groups is 1. The number of hydrogen-bond donors (Lipinski definition) is 2. The maximum absolute atomic E-state index is 12.0. The minimum absolute atomic E-state index is 0. The third-order valence-corrected chi connectivity index (χ3v) is 4.37. The largest absolute Gasteiger partial charge is 0.493 e. The molecule has 0 aliphatic heterocycles. The van der Waals surface area contributed by atoms with Crippen molar-refractivity contribution in [3.8, 4) is 23.8 Å². The van der Waals surface area contributed by atoms with Crippen molar-refractivity contribution in [1.82, 2.24) is 15.5 Å². The highest BCUT2D eigenvalue weighted by molar-refractivity contribution is 14.0. The molecular weight excluding hydrogens is 519 g/mol. The molecule has 0 saturated carbocycles. The molecule has 0 radical (unpaired) electrons. The number of carbonyl (C=O) groups excluding carboxylic acids is 1. The van der Waals surface area contributed by atoms with E-state index in [0.717, 1.165) is 17.7 Å². The number of carbonyl (C=O) groups is 1. The molecule has 0 atom stereocenters. The Bertz CT molecular complexity index is 937. The first-order valence-electron chi connectivity index (χ1n) is 10.0. The minimum Gasteiger partial charge on any atom is -0.493 e. The maximum Gasteiger partial charge on any atom is 0.253 e. The Hall–Kier alpha value is -2.93. The maximum atomic E-state index is 12.0. The van der Waals surface area contributed by atoms with Gasteiger partial charge in [-0.3, -0.25) is 4.79 Å². The van der Waals surface area contributed by atoms with Crippen LogP contribution in [0, 0.1) is 12.3 Å². The van der Waals surface area contributed by atoms with E-state index < -0.39 is 0 Å². The monoisotopic (exact) mass is 550 g/mol. The summed E-state index contributed by atoms with van der Waals surface area (Å²) in [4.78, 5) is 18.2. The minimum atomic E-state index is -0.0144. The van der Waals surface area contributed by atoms with Gasteiger partial charge in [0.05, 0.1) is 13.7 Å². The van der Waals surface area contributed by atoms with E-state index in [1.54, 1.807) is 26.1 Å². The van der Waals surface area contributed by atoms with Crippen molar-refractivity contribution in [2.45, 2.75) is 20.0 Å². The summed E-state index contributed by atoms with van der Waals surface area (Å²) in [7, 11) is 5.07. The van der Waals surface area contributed by atoms with Crippen LogP contribution in [0.1, 0.15) is 28.4 Å². The smallest absolute Gasteiger partial charge is 0.253 e. The number of halogens is 1. The zero-order valence-corrected chi connectivity index (χ0v) is 21.3. The molecule has 1 amide bonds. The highest BCUT2D eigenvalue weighted by Crippen LogP contribution is 2.28. The molecule has 32 heavy (non-hydrogen) atoms. The summed E-state index contributed by atoms with van der Waals surface area (Å²) in [6, 6.07) is 13.2. The lowest BCUT2D eigenvalue weighted by atomic mass is 10.1. The topological polar surface area (TPSA) is 75.2 Å². The van der Waals surface area contributed by atoms with Gasteiger partial charge < -0.3 is 25.0 Å². The zero-order valence-electron chi connectivity index (χ0n) is 19.0. The molecule has 2 aromatic carbocycles. The molecule has 0 saturated heterocycles. The van der Waals surface area contributed by atoms with E-state index in [4.69, 9.17) is 15.9 Å². The van der Waals surface area contributed by atoms with Crippen molar-refractivity contribution in [2.75, 3.05) is 34.4 Å². The van der Waals surface area contributed by atoms with Crippen molar-refractivity contribution in [1.29, 1.82) is 0 Å². The number of nitrogens with zero attached hydrogens (tertiary/aromatic N) is 2. The lowest BCUT2D eigenvalue weighted by Crippen LogP contribution is -2.36. The Labute approximate surface area is 207 Å². The second-order valence-corrected chi connectivity index (χ2v) is 6.92. The summed E-state index contributed by atoms with van der Waals surface area (Å²) in [6.45, 7) is 3.97. The molecule has 0 unspecified atom stereocenters. The fraction of sp³-hybridized carbons (Fsp3) is 0.333. The van der Waals surface area contributed by atoms with E-state index in [1.165, 1.54) is 0 Å². The molecule has 0 heterocycles. The summed E-state index contributed by atoms with van der Waals surface area (Å²) in [6.07, 6.45) is 5.28. The van der Waals surface area contributed by atoms with Gasteiger partial charge in [-0.1, -0.05) is 24.1 Å². The number of nitrogens with one attached hydrogen (secondary N) is 2. The molecule has 172 valence electrons. The van der Waals surface area contributed by atoms with Crippen LogP contribution in [0.3, 0.4) is 0 Å². The lowest BCUT2D eigenvalue weighted by Gasteiger charge is -2.13. The number of amides is 1. The predicted octanol–water partition coefficient (Wildman–Crippen LogP) is 3.28. The van der Waals surface area contributed by atoms with Gasteiger partial charge in [0.25, 0.3) is 5.91 Å². The molecule has 0 aliphatic carbocycles. The van der Waals surface area contributed by atoms with Crippen LogP contribution in [-0.2, 0) is 13.1 Å². The lowest BCUT2D eigenvalue weighted by molar-refractivity contribution is 0.0827. The van der Waals surface area contributed by atoms with Gasteiger partial charge in [0.1, 0.15) is 6.61 Å². The molecule has 2 rings (SSSR count). The molecule has 0 aromatic heterocycles. The molecule has 2 N–H and O–H groups in total. The number of terminal acetylenes is 1. The van der Waals surface area contributed by atoms with Gasteiger partial charge in [-0.2, -0.15) is 0 Å². The van der Waals surface area contributed by atoms with Crippen molar-refractivity contribution in [3.05, 3.63) is 59.2 Å². The Kier molecular flexibility index (Phi) is 12.0. The van der Waals surface area contributed by atoms with Crippen LogP contribution < -0.4 is 20.1 Å². The summed E-state index contributed by atoms with van der Waals surface area (Å²) >= 11 is 0. The second-order valence-electron chi connectivity index (χ2n) is 6.92. The Morgan fingerprint density at radius 2 is 1.78 bits per heavy atom. The van der Waals surface area contributed by atoms with Crippen LogP contribution in [0.15, 0.2) is 47.5 Å². The Balaban J connectivity index is 0.00000512. The Morgan fingerprint density at radius 3 is 2.38 bits per heavy atom. The summed E-state index contributed by atoms with van der Waals surface area (Å²) in [5.41, 5.74) is 2.68. The Morgan fingerprint density at radius 1 is 1.09 bits per heavy atom. The highest BCUT2D eigenvalue weighted by atomic mass is 127. The molecule has 7 nitrogen and oxygen atoms in total. The standard InChI is InChI=1S/C24H30N4O3.HI/c1-6-14-31-22-15-19(10-13-21(22)30-5)17-27-24(25-7-2)26-16-18-8-11-20(12-9-18)23(29)28(3)4;/h1,8-13,15H,7,14,16-17H2,2-5H3,(H2,25,26,27);1H. The number of rotatable bonds is 9. The molecule has 0 bridgehead atoms. The fourth-order valence-electron chi connectivity index (χ4n) is 2.77. The van der Waals surface area contributed by atoms with Crippen molar-refractivity contribution in [2.24, 2.45) is 4.99 Å². The number of methoxy groups -OCH3 is 1. The predicted molar refractivity (Wildman–Crippen MR) is 139 cm³/mol. The third-order valence-electron chi connectivity index (χ3n) is 4.37. The van der Waals surface area contributed by atoms with Crippen LogP contribution in [0.25, 0.3) is 0 Å². The summed E-state index contributed by atoms with van der Waals surface area (Å²) in [5, 5.41) is 6.55. The van der Waals surface area contributed by atoms with Crippen molar-refractivity contribution < 1.29 is 14.3 Å². The van der Waals surface area contributed by atoms with Crippen molar-refractivity contribution in [3.63, 3.8) is 0 Å². The molecule has 0 fully saturated rings. The van der Waals surface area contributed by atoms with E-state index in [0.29, 0.717) is 36.1 Å². The summed E-state index contributed by atoms with van der Waals surface area (Å²) < 4.78 is 10.9. The van der Waals surface area contributed by atoms with Gasteiger partial charge in [0, 0.05) is 32.7 Å². The molecule has 0 spiro atoms. The highest BCUT2D eigenvalue weighted by Gasteiger charge is 2.08. The molecule has 0 aliphatic rings. The first-order valence-corrected chi connectivity index (χ1v) is 10.0. The number of ether oxygens (including phenoxy) is 2. The van der Waals surface area contributed by atoms with Gasteiger partial charge in [0.2, 0.25) is 0 Å². The van der Waals surface area contributed by atoms with Gasteiger partial charge in [-0.25, -0.2) is 4.99 Å². The first kappa shape index (κ1) is 27.1. The SMILES string of the molecule is C#CCOc1cc(CN=C(NCC)NCc2ccc(C(=O)N(C)C)cc2)ccc1OC.I. The van der Waals surface area contributed by atoms with Gasteiger partial charge in [-0.15, -0.1) is 30.4 Å². The van der Waals surface area contributed by atoms with E-state index in [2.05, 4.69) is 21.5 Å². The quantitative estimate of drug-likeness (QED) is 0.217. The van der Waals surface area contributed by atoms with Gasteiger partial charge >= 0.3 is 0 Å². The average molecular weight is 550 g/mol. The number of hydrogen-bond acceptors (Lipinski definition) is 4. The van der Waals surface area contributed by atoms with Crippen LogP contribution in [-0.4, -0.2) is 51.1 Å². The van der Waals surface area contributed by atoms with Crippen LogP contribution in [0.2, 0.25) is 0 Å². The van der Waals surface area contributed by atoms with E-state index in [-0.39, 0.29) is 36.5 Å². The average Bonchev–Trinajstić information content (AvgIpc) is 2.79. The van der Waals surface area contributed by atoms with Gasteiger partial charge in [0.15, 0.2) is 17.5 Å². The number of guanidine groups is 1. The normalized spacial score (nSPS) is 10.4. The zero-order chi connectivity index (χ0) is 22.6. The molecule has 2 aromatic rings. The third kappa shape index (κ3) is 8.30. The first-order chi connectivity index (χ1) is 15.0. The van der Waals surface area contributed by atoms with E-state index in [1.807, 2.05) is 49.4 Å². The second kappa shape index (κ2) is 14.2. The van der Waals surface area contributed by atoms with Crippen LogP contribution in [0.4, 0.5) is 0 Å². The molecular formula is C24H31IN4O3. The van der Waals surface area contributed by atoms with E-state index in [9.17, 15) is 4.79 Å².